The van der Waals surface area contributed by atoms with Crippen LogP contribution in [0, 0.1) is 10.1 Å². The van der Waals surface area contributed by atoms with Crippen LogP contribution in [0.5, 0.6) is 0 Å². The first-order valence-electron chi connectivity index (χ1n) is 4.55. The summed E-state index contributed by atoms with van der Waals surface area (Å²) in [6, 6.07) is 4.52. The number of rotatable bonds is 3. The van der Waals surface area contributed by atoms with Crippen LogP contribution in [-0.2, 0) is 6.54 Å². The summed E-state index contributed by atoms with van der Waals surface area (Å²) in [6.45, 7) is 0.386. The number of nitro benzene ring substituents is 1. The average molecular weight is 238 g/mol. The van der Waals surface area contributed by atoms with Crippen molar-refractivity contribution in [1.82, 2.24) is 9.55 Å². The minimum Gasteiger partial charge on any atom is -0.333 e. The summed E-state index contributed by atoms with van der Waals surface area (Å²) in [5.74, 6) is 0. The molecule has 1 aromatic heterocycles. The Balaban J connectivity index is 2.38. The van der Waals surface area contributed by atoms with Crippen LogP contribution < -0.4 is 0 Å². The van der Waals surface area contributed by atoms with Gasteiger partial charge in [0.05, 0.1) is 23.4 Å². The van der Waals surface area contributed by atoms with Gasteiger partial charge in [-0.15, -0.1) is 0 Å². The molecule has 1 aromatic carbocycles. The molecule has 6 heteroatoms. The van der Waals surface area contributed by atoms with Crippen molar-refractivity contribution in [2.45, 2.75) is 6.54 Å². The zero-order valence-electron chi connectivity index (χ0n) is 8.21. The topological polar surface area (TPSA) is 61.0 Å². The third-order valence-electron chi connectivity index (χ3n) is 2.15. The zero-order valence-corrected chi connectivity index (χ0v) is 8.96. The van der Waals surface area contributed by atoms with E-state index in [1.54, 1.807) is 29.4 Å². The number of aromatic nitrogens is 2. The fourth-order valence-corrected chi connectivity index (χ4v) is 1.63. The summed E-state index contributed by atoms with van der Waals surface area (Å²) >= 11 is 5.81. The summed E-state index contributed by atoms with van der Waals surface area (Å²) in [6.07, 6.45) is 4.96. The molecule has 0 N–H and O–H groups in total. The van der Waals surface area contributed by atoms with Crippen LogP contribution in [0.4, 0.5) is 5.69 Å². The lowest BCUT2D eigenvalue weighted by Gasteiger charge is -2.04. The van der Waals surface area contributed by atoms with Crippen molar-refractivity contribution >= 4 is 17.3 Å². The molecule has 2 aromatic rings. The first kappa shape index (κ1) is 10.6. The molecule has 16 heavy (non-hydrogen) atoms. The smallest absolute Gasteiger partial charge is 0.274 e. The van der Waals surface area contributed by atoms with Gasteiger partial charge in [-0.3, -0.25) is 10.1 Å². The summed E-state index contributed by atoms with van der Waals surface area (Å²) in [4.78, 5) is 14.3. The molecule has 2 rings (SSSR count). The number of benzene rings is 1. The van der Waals surface area contributed by atoms with Crippen molar-refractivity contribution in [2.24, 2.45) is 0 Å². The largest absolute Gasteiger partial charge is 0.333 e. The highest BCUT2D eigenvalue weighted by Crippen LogP contribution is 2.23. The number of hydrogen-bond donors (Lipinski definition) is 0. The normalized spacial score (nSPS) is 10.3. The molecule has 82 valence electrons. The van der Waals surface area contributed by atoms with Gasteiger partial charge in [-0.05, 0) is 12.1 Å². The molecule has 0 aliphatic carbocycles. The Morgan fingerprint density at radius 2 is 2.31 bits per heavy atom. The fourth-order valence-electron chi connectivity index (χ4n) is 1.44. The summed E-state index contributed by atoms with van der Waals surface area (Å²) in [5.41, 5.74) is 0.633. The highest BCUT2D eigenvalue weighted by atomic mass is 35.5. The van der Waals surface area contributed by atoms with Crippen LogP contribution in [-0.4, -0.2) is 14.5 Å². The number of halogens is 1. The number of nitro groups is 1. The van der Waals surface area contributed by atoms with Crippen LogP contribution in [0.1, 0.15) is 5.56 Å². The molecule has 5 nitrogen and oxygen atoms in total. The number of hydrogen-bond acceptors (Lipinski definition) is 3. The van der Waals surface area contributed by atoms with Gasteiger partial charge in [-0.25, -0.2) is 4.98 Å². The molecule has 0 fully saturated rings. The van der Waals surface area contributed by atoms with Gasteiger partial charge in [0.2, 0.25) is 0 Å². The minimum absolute atomic E-state index is 0.0677. The van der Waals surface area contributed by atoms with Crippen molar-refractivity contribution in [1.29, 1.82) is 0 Å². The van der Waals surface area contributed by atoms with Crippen molar-refractivity contribution in [3.63, 3.8) is 0 Å². The SMILES string of the molecule is O=[N+]([O-])c1ccc(Cl)cc1Cn1ccnc1. The maximum atomic E-state index is 10.8. The summed E-state index contributed by atoms with van der Waals surface area (Å²) < 4.78 is 1.75. The zero-order chi connectivity index (χ0) is 11.5. The van der Waals surface area contributed by atoms with Gasteiger partial charge in [-0.2, -0.15) is 0 Å². The van der Waals surface area contributed by atoms with E-state index >= 15 is 0 Å². The van der Waals surface area contributed by atoms with Gasteiger partial charge < -0.3 is 4.57 Å². The first-order chi connectivity index (χ1) is 7.66. The van der Waals surface area contributed by atoms with Crippen molar-refractivity contribution in [3.05, 3.63) is 57.6 Å². The van der Waals surface area contributed by atoms with Crippen molar-refractivity contribution < 1.29 is 4.92 Å². The van der Waals surface area contributed by atoms with Gasteiger partial charge in [-0.1, -0.05) is 11.6 Å². The van der Waals surface area contributed by atoms with Crippen LogP contribution >= 0.6 is 11.6 Å². The molecule has 0 unspecified atom stereocenters. The summed E-state index contributed by atoms with van der Waals surface area (Å²) in [5, 5.41) is 11.3. The van der Waals surface area contributed by atoms with Gasteiger partial charge in [0.1, 0.15) is 0 Å². The molecule has 0 bridgehead atoms. The van der Waals surface area contributed by atoms with E-state index in [4.69, 9.17) is 11.6 Å². The standard InChI is InChI=1S/C10H8ClN3O2/c11-9-1-2-10(14(15)16)8(5-9)6-13-4-3-12-7-13/h1-5,7H,6H2. The second-order valence-electron chi connectivity index (χ2n) is 3.27. The quantitative estimate of drug-likeness (QED) is 0.609. The lowest BCUT2D eigenvalue weighted by atomic mass is 10.2. The van der Waals surface area contributed by atoms with E-state index in [-0.39, 0.29) is 5.69 Å². The van der Waals surface area contributed by atoms with Gasteiger partial charge in [0.25, 0.3) is 5.69 Å². The molecule has 0 spiro atoms. The van der Waals surface area contributed by atoms with Gasteiger partial charge in [0, 0.05) is 23.5 Å². The highest BCUT2D eigenvalue weighted by molar-refractivity contribution is 6.30. The van der Waals surface area contributed by atoms with Crippen LogP contribution in [0.2, 0.25) is 5.02 Å². The van der Waals surface area contributed by atoms with E-state index in [9.17, 15) is 10.1 Å². The Bertz CT molecular complexity index is 511. The van der Waals surface area contributed by atoms with Crippen LogP contribution in [0.3, 0.4) is 0 Å². The third kappa shape index (κ3) is 2.20. The molecular formula is C10H8ClN3O2. The summed E-state index contributed by atoms with van der Waals surface area (Å²) in [7, 11) is 0. The molecule has 0 saturated heterocycles. The maximum absolute atomic E-state index is 10.8. The van der Waals surface area contributed by atoms with Crippen molar-refractivity contribution in [2.75, 3.05) is 0 Å². The first-order valence-corrected chi connectivity index (χ1v) is 4.93. The van der Waals surface area contributed by atoms with E-state index in [0.717, 1.165) is 0 Å². The average Bonchev–Trinajstić information content (AvgIpc) is 2.70. The van der Waals surface area contributed by atoms with E-state index in [2.05, 4.69) is 4.98 Å². The van der Waals surface area contributed by atoms with E-state index in [1.165, 1.54) is 12.1 Å². The minimum atomic E-state index is -0.414. The molecule has 0 aliphatic rings. The lowest BCUT2D eigenvalue weighted by Crippen LogP contribution is -2.01. The maximum Gasteiger partial charge on any atom is 0.274 e. The second kappa shape index (κ2) is 4.32. The predicted molar refractivity (Wildman–Crippen MR) is 59.4 cm³/mol. The Labute approximate surface area is 96.4 Å². The Kier molecular flexibility index (Phi) is 2.87. The molecule has 0 atom stereocenters. The molecular weight excluding hydrogens is 230 g/mol. The Hall–Kier alpha value is -1.88. The second-order valence-corrected chi connectivity index (χ2v) is 3.70. The van der Waals surface area contributed by atoms with Crippen molar-refractivity contribution in [3.8, 4) is 0 Å². The van der Waals surface area contributed by atoms with E-state index in [1.807, 2.05) is 0 Å². The van der Waals surface area contributed by atoms with Gasteiger partial charge >= 0.3 is 0 Å². The van der Waals surface area contributed by atoms with E-state index in [0.29, 0.717) is 17.1 Å². The predicted octanol–water partition coefficient (Wildman–Crippen LogP) is 2.49. The molecule has 0 amide bonds. The van der Waals surface area contributed by atoms with Crippen LogP contribution in [0.15, 0.2) is 36.9 Å². The van der Waals surface area contributed by atoms with Gasteiger partial charge in [0.15, 0.2) is 0 Å². The molecule has 0 aliphatic heterocycles. The Morgan fingerprint density at radius 1 is 1.50 bits per heavy atom. The monoisotopic (exact) mass is 237 g/mol. The van der Waals surface area contributed by atoms with E-state index < -0.39 is 4.92 Å². The van der Waals surface area contributed by atoms with Crippen LogP contribution in [0.25, 0.3) is 0 Å². The number of imidazole rings is 1. The molecule has 0 radical (unpaired) electrons. The number of nitrogens with zero attached hydrogens (tertiary/aromatic N) is 3. The highest BCUT2D eigenvalue weighted by Gasteiger charge is 2.13. The lowest BCUT2D eigenvalue weighted by molar-refractivity contribution is -0.385. The molecule has 0 saturated carbocycles. The fraction of sp³-hybridized carbons (Fsp3) is 0.100. The Morgan fingerprint density at radius 3 is 2.94 bits per heavy atom. The molecule has 1 heterocycles. The third-order valence-corrected chi connectivity index (χ3v) is 2.39.